The summed E-state index contributed by atoms with van der Waals surface area (Å²) in [6.45, 7) is 7.71. The first-order valence-corrected chi connectivity index (χ1v) is 4.63. The minimum Gasteiger partial charge on any atom is -0.0978 e. The molecule has 1 rings (SSSR count). The summed E-state index contributed by atoms with van der Waals surface area (Å²) in [5, 5.41) is 0. The topological polar surface area (TPSA) is 0 Å². The fourth-order valence-corrected chi connectivity index (χ4v) is 1.02. The second-order valence-corrected chi connectivity index (χ2v) is 3.06. The van der Waals surface area contributed by atoms with Gasteiger partial charge in [0.05, 0.1) is 0 Å². The number of hydrogen-bond acceptors (Lipinski definition) is 0. The second-order valence-electron chi connectivity index (χ2n) is 3.06. The maximum Gasteiger partial charge on any atom is 0.0249 e. The maximum absolute atomic E-state index is 3.69. The molecule has 0 fully saturated rings. The molecule has 0 aliphatic heterocycles. The Morgan fingerprint density at radius 2 is 1.93 bits per heavy atom. The summed E-state index contributed by atoms with van der Waals surface area (Å²) in [7, 11) is 0. The lowest BCUT2D eigenvalue weighted by Gasteiger charge is -1.91. The van der Waals surface area contributed by atoms with Crippen LogP contribution in [-0.4, -0.2) is 0 Å². The Kier molecular flexibility index (Phi) is 3.76. The molecular weight excluding hydrogens is 168 g/mol. The molecule has 0 radical (unpaired) electrons. The smallest absolute Gasteiger partial charge is 0.0249 e. The van der Waals surface area contributed by atoms with E-state index in [4.69, 9.17) is 0 Å². The summed E-state index contributed by atoms with van der Waals surface area (Å²) < 4.78 is 0. The second kappa shape index (κ2) is 5.09. The fourth-order valence-electron chi connectivity index (χ4n) is 1.02. The molecule has 0 bridgehead atoms. The van der Waals surface area contributed by atoms with Gasteiger partial charge in [0, 0.05) is 11.1 Å². The van der Waals surface area contributed by atoms with Gasteiger partial charge in [0.1, 0.15) is 0 Å². The SMILES string of the molecule is C=C/C(C#Cc1ccc(C)cc1)=C\C. The largest absolute Gasteiger partial charge is 0.0978 e. The van der Waals surface area contributed by atoms with Crippen molar-refractivity contribution in [2.45, 2.75) is 13.8 Å². The molecule has 0 saturated heterocycles. The minimum absolute atomic E-state index is 0.963. The van der Waals surface area contributed by atoms with Gasteiger partial charge in [0.15, 0.2) is 0 Å². The van der Waals surface area contributed by atoms with Crippen LogP contribution in [0.5, 0.6) is 0 Å². The third kappa shape index (κ3) is 2.95. The first-order valence-electron chi connectivity index (χ1n) is 4.63. The van der Waals surface area contributed by atoms with Crippen LogP contribution in [0.25, 0.3) is 0 Å². The zero-order valence-electron chi connectivity index (χ0n) is 8.67. The van der Waals surface area contributed by atoms with Gasteiger partial charge in [-0.2, -0.15) is 0 Å². The van der Waals surface area contributed by atoms with E-state index in [9.17, 15) is 0 Å². The minimum atomic E-state index is 0.963. The molecule has 0 heterocycles. The fraction of sp³-hybridized carbons (Fsp3) is 0.143. The lowest BCUT2D eigenvalue weighted by molar-refractivity contribution is 1.46. The van der Waals surface area contributed by atoms with Crippen LogP contribution in [0.2, 0.25) is 0 Å². The molecule has 0 aromatic heterocycles. The van der Waals surface area contributed by atoms with Crippen LogP contribution in [0.3, 0.4) is 0 Å². The van der Waals surface area contributed by atoms with Crippen molar-refractivity contribution >= 4 is 0 Å². The lowest BCUT2D eigenvalue weighted by Crippen LogP contribution is -1.76. The molecule has 0 saturated carbocycles. The predicted octanol–water partition coefficient (Wildman–Crippen LogP) is 3.48. The van der Waals surface area contributed by atoms with Gasteiger partial charge in [-0.05, 0) is 26.0 Å². The highest BCUT2D eigenvalue weighted by molar-refractivity contribution is 5.44. The van der Waals surface area contributed by atoms with Crippen molar-refractivity contribution in [2.24, 2.45) is 0 Å². The molecule has 0 atom stereocenters. The van der Waals surface area contributed by atoms with E-state index in [2.05, 4.69) is 37.5 Å². The average Bonchev–Trinajstić information content (AvgIpc) is 2.22. The van der Waals surface area contributed by atoms with Gasteiger partial charge in [0.2, 0.25) is 0 Å². The summed E-state index contributed by atoms with van der Waals surface area (Å²) in [5.41, 5.74) is 3.26. The Morgan fingerprint density at radius 3 is 2.43 bits per heavy atom. The molecule has 0 heteroatoms. The van der Waals surface area contributed by atoms with Gasteiger partial charge in [-0.1, -0.05) is 48.3 Å². The first-order chi connectivity index (χ1) is 6.76. The van der Waals surface area contributed by atoms with Crippen LogP contribution in [0.1, 0.15) is 18.1 Å². The summed E-state index contributed by atoms with van der Waals surface area (Å²) in [6.07, 6.45) is 3.72. The van der Waals surface area contributed by atoms with Crippen LogP contribution in [0, 0.1) is 18.8 Å². The zero-order chi connectivity index (χ0) is 10.4. The van der Waals surface area contributed by atoms with Crippen molar-refractivity contribution in [2.75, 3.05) is 0 Å². The summed E-state index contributed by atoms with van der Waals surface area (Å²) >= 11 is 0. The molecule has 0 aliphatic carbocycles. The van der Waals surface area contributed by atoms with Crippen molar-refractivity contribution in [3.63, 3.8) is 0 Å². The van der Waals surface area contributed by atoms with E-state index in [0.29, 0.717) is 0 Å². The number of hydrogen-bond donors (Lipinski definition) is 0. The number of aryl methyl sites for hydroxylation is 1. The van der Waals surface area contributed by atoms with E-state index < -0.39 is 0 Å². The third-order valence-electron chi connectivity index (χ3n) is 1.93. The van der Waals surface area contributed by atoms with Crippen LogP contribution in [-0.2, 0) is 0 Å². The predicted molar refractivity (Wildman–Crippen MR) is 62.0 cm³/mol. The first kappa shape index (κ1) is 10.3. The third-order valence-corrected chi connectivity index (χ3v) is 1.93. The molecule has 0 N–H and O–H groups in total. The van der Waals surface area contributed by atoms with E-state index in [1.54, 1.807) is 6.08 Å². The van der Waals surface area contributed by atoms with Crippen LogP contribution in [0.15, 0.2) is 48.6 Å². The molecule has 1 aromatic rings. The number of allylic oxidation sites excluding steroid dienone is 3. The molecule has 0 spiro atoms. The molecule has 0 amide bonds. The molecule has 0 aliphatic rings. The van der Waals surface area contributed by atoms with Gasteiger partial charge in [-0.25, -0.2) is 0 Å². The van der Waals surface area contributed by atoms with E-state index >= 15 is 0 Å². The molecule has 14 heavy (non-hydrogen) atoms. The van der Waals surface area contributed by atoms with E-state index in [0.717, 1.165) is 11.1 Å². The van der Waals surface area contributed by atoms with Gasteiger partial charge in [-0.15, -0.1) is 0 Å². The van der Waals surface area contributed by atoms with Crippen molar-refractivity contribution in [3.05, 3.63) is 59.7 Å². The van der Waals surface area contributed by atoms with Crippen molar-refractivity contribution in [1.82, 2.24) is 0 Å². The van der Waals surface area contributed by atoms with Gasteiger partial charge in [-0.3, -0.25) is 0 Å². The Hall–Kier alpha value is -1.74. The quantitative estimate of drug-likeness (QED) is 0.461. The van der Waals surface area contributed by atoms with Crippen molar-refractivity contribution in [1.29, 1.82) is 0 Å². The molecule has 0 unspecified atom stereocenters. The lowest BCUT2D eigenvalue weighted by atomic mass is 10.1. The van der Waals surface area contributed by atoms with E-state index in [1.807, 2.05) is 25.1 Å². The van der Waals surface area contributed by atoms with Crippen molar-refractivity contribution < 1.29 is 0 Å². The summed E-state index contributed by atoms with van der Waals surface area (Å²) in [4.78, 5) is 0. The van der Waals surface area contributed by atoms with E-state index in [1.165, 1.54) is 5.56 Å². The monoisotopic (exact) mass is 182 g/mol. The van der Waals surface area contributed by atoms with Crippen molar-refractivity contribution in [3.8, 4) is 11.8 Å². The highest BCUT2D eigenvalue weighted by Gasteiger charge is 1.85. The Labute approximate surface area is 86.0 Å². The maximum atomic E-state index is 3.69. The van der Waals surface area contributed by atoms with Gasteiger partial charge < -0.3 is 0 Å². The number of rotatable bonds is 1. The summed E-state index contributed by atoms with van der Waals surface area (Å²) in [6, 6.07) is 8.18. The Balaban J connectivity index is 2.87. The zero-order valence-corrected chi connectivity index (χ0v) is 8.67. The molecule has 0 nitrogen and oxygen atoms in total. The van der Waals surface area contributed by atoms with Crippen LogP contribution >= 0.6 is 0 Å². The Bertz CT molecular complexity index is 394. The molecule has 70 valence electrons. The highest BCUT2D eigenvalue weighted by Crippen LogP contribution is 2.01. The molecular formula is C14H14. The highest BCUT2D eigenvalue weighted by atomic mass is 13.9. The average molecular weight is 182 g/mol. The van der Waals surface area contributed by atoms with Crippen LogP contribution < -0.4 is 0 Å². The molecule has 1 aromatic carbocycles. The van der Waals surface area contributed by atoms with E-state index in [-0.39, 0.29) is 0 Å². The Morgan fingerprint density at radius 1 is 1.29 bits per heavy atom. The van der Waals surface area contributed by atoms with Gasteiger partial charge in [0.25, 0.3) is 0 Å². The van der Waals surface area contributed by atoms with Crippen LogP contribution in [0.4, 0.5) is 0 Å². The van der Waals surface area contributed by atoms with Gasteiger partial charge >= 0.3 is 0 Å². The standard InChI is InChI=1S/C14H14/c1-4-13(5-2)10-11-14-8-6-12(3)7-9-14/h4-9H,1H2,2-3H3/b13-5+. The normalized spacial score (nSPS) is 10.3. The summed E-state index contributed by atoms with van der Waals surface area (Å²) in [5.74, 6) is 6.13. The number of benzene rings is 1.